The van der Waals surface area contributed by atoms with E-state index in [4.69, 9.17) is 5.11 Å². The molecule has 0 saturated heterocycles. The lowest BCUT2D eigenvalue weighted by molar-refractivity contribution is 0.0697. The second-order valence-corrected chi connectivity index (χ2v) is 4.07. The summed E-state index contributed by atoms with van der Waals surface area (Å²) in [7, 11) is 0. The molecule has 90 valence electrons. The van der Waals surface area contributed by atoms with Gasteiger partial charge < -0.3 is 5.11 Å². The second kappa shape index (κ2) is 5.32. The molecule has 0 atom stereocenters. The number of carbonyl (C=O) groups is 1. The van der Waals surface area contributed by atoms with Crippen LogP contribution in [0.2, 0.25) is 0 Å². The van der Waals surface area contributed by atoms with Gasteiger partial charge in [0.05, 0.1) is 5.56 Å². The number of hydrogen-bond donors (Lipinski definition) is 1. The molecule has 2 heteroatoms. The normalized spacial score (nSPS) is 10.0. The van der Waals surface area contributed by atoms with Crippen LogP contribution in [0.1, 0.15) is 15.9 Å². The summed E-state index contributed by atoms with van der Waals surface area (Å²) in [4.78, 5) is 10.8. The fraction of sp³-hybridized carbons (Fsp3) is 0.0625. The predicted molar refractivity (Wildman–Crippen MR) is 72.7 cm³/mol. The van der Waals surface area contributed by atoms with Crippen LogP contribution in [0.3, 0.4) is 0 Å². The maximum Gasteiger partial charge on any atom is 0.335 e. The highest BCUT2D eigenvalue weighted by Crippen LogP contribution is 2.20. The molecule has 2 aromatic rings. The first kappa shape index (κ1) is 12.1. The molecule has 1 N–H and O–H groups in total. The smallest absolute Gasteiger partial charge is 0.335 e. The highest BCUT2D eigenvalue weighted by molar-refractivity contribution is 5.88. The third-order valence-corrected chi connectivity index (χ3v) is 2.80. The SMILES string of the molecule is C=CCc1ccc(-c2ccc(C(=O)O)cc2)cc1. The summed E-state index contributed by atoms with van der Waals surface area (Å²) in [6, 6.07) is 15.1. The second-order valence-electron chi connectivity index (χ2n) is 4.07. The zero-order valence-corrected chi connectivity index (χ0v) is 9.97. The number of rotatable bonds is 4. The molecular weight excluding hydrogens is 224 g/mol. The zero-order chi connectivity index (χ0) is 13.0. The van der Waals surface area contributed by atoms with Crippen molar-refractivity contribution in [1.82, 2.24) is 0 Å². The fourth-order valence-electron chi connectivity index (χ4n) is 1.81. The number of aromatic carboxylic acids is 1. The Hall–Kier alpha value is -2.35. The van der Waals surface area contributed by atoms with Crippen LogP contribution < -0.4 is 0 Å². The largest absolute Gasteiger partial charge is 0.478 e. The minimum Gasteiger partial charge on any atom is -0.478 e. The first-order chi connectivity index (χ1) is 8.70. The molecule has 0 fully saturated rings. The Kier molecular flexibility index (Phi) is 3.58. The van der Waals surface area contributed by atoms with E-state index in [-0.39, 0.29) is 0 Å². The van der Waals surface area contributed by atoms with Crippen molar-refractivity contribution in [2.24, 2.45) is 0 Å². The number of benzene rings is 2. The highest BCUT2D eigenvalue weighted by atomic mass is 16.4. The average Bonchev–Trinajstić information content (AvgIpc) is 2.40. The molecule has 0 aliphatic carbocycles. The van der Waals surface area contributed by atoms with Crippen molar-refractivity contribution in [2.45, 2.75) is 6.42 Å². The van der Waals surface area contributed by atoms with Gasteiger partial charge in [-0.2, -0.15) is 0 Å². The van der Waals surface area contributed by atoms with Gasteiger partial charge in [-0.25, -0.2) is 4.79 Å². The molecule has 0 unspecified atom stereocenters. The lowest BCUT2D eigenvalue weighted by atomic mass is 10.0. The van der Waals surface area contributed by atoms with Crippen molar-refractivity contribution in [1.29, 1.82) is 0 Å². The average molecular weight is 238 g/mol. The Bertz CT molecular complexity index is 551. The molecule has 0 radical (unpaired) electrons. The maximum absolute atomic E-state index is 10.8. The van der Waals surface area contributed by atoms with E-state index in [0.29, 0.717) is 5.56 Å². The van der Waals surface area contributed by atoms with E-state index in [1.165, 1.54) is 5.56 Å². The van der Waals surface area contributed by atoms with Gasteiger partial charge in [0.25, 0.3) is 0 Å². The van der Waals surface area contributed by atoms with Crippen molar-refractivity contribution in [3.05, 3.63) is 72.3 Å². The van der Waals surface area contributed by atoms with Gasteiger partial charge in [0.1, 0.15) is 0 Å². The predicted octanol–water partition coefficient (Wildman–Crippen LogP) is 3.78. The molecule has 0 heterocycles. The summed E-state index contributed by atoms with van der Waals surface area (Å²) in [5, 5.41) is 8.83. The van der Waals surface area contributed by atoms with E-state index < -0.39 is 5.97 Å². The van der Waals surface area contributed by atoms with Crippen molar-refractivity contribution < 1.29 is 9.90 Å². The summed E-state index contributed by atoms with van der Waals surface area (Å²) < 4.78 is 0. The van der Waals surface area contributed by atoms with E-state index >= 15 is 0 Å². The Labute approximate surface area is 106 Å². The topological polar surface area (TPSA) is 37.3 Å². The molecular formula is C16H14O2. The number of carboxylic acids is 1. The van der Waals surface area contributed by atoms with Crippen LogP contribution in [0, 0.1) is 0 Å². The first-order valence-electron chi connectivity index (χ1n) is 5.74. The van der Waals surface area contributed by atoms with Crippen molar-refractivity contribution in [2.75, 3.05) is 0 Å². The lowest BCUT2D eigenvalue weighted by Gasteiger charge is -2.03. The van der Waals surface area contributed by atoms with Crippen molar-refractivity contribution in [3.8, 4) is 11.1 Å². The van der Waals surface area contributed by atoms with Crippen molar-refractivity contribution >= 4 is 5.97 Å². The van der Waals surface area contributed by atoms with Crippen LogP contribution in [0.25, 0.3) is 11.1 Å². The molecule has 0 spiro atoms. The Morgan fingerprint density at radius 1 is 1.00 bits per heavy atom. The molecule has 0 aliphatic heterocycles. The standard InChI is InChI=1S/C16H14O2/c1-2-3-12-4-6-13(7-5-12)14-8-10-15(11-9-14)16(17)18/h2,4-11H,1,3H2,(H,17,18). The summed E-state index contributed by atoms with van der Waals surface area (Å²) in [6.07, 6.45) is 2.73. The lowest BCUT2D eigenvalue weighted by Crippen LogP contribution is -1.94. The third kappa shape index (κ3) is 2.66. The third-order valence-electron chi connectivity index (χ3n) is 2.80. The zero-order valence-electron chi connectivity index (χ0n) is 9.97. The highest BCUT2D eigenvalue weighted by Gasteiger charge is 2.03. The monoisotopic (exact) mass is 238 g/mol. The minimum absolute atomic E-state index is 0.307. The van der Waals surface area contributed by atoms with Crippen LogP contribution in [0.5, 0.6) is 0 Å². The van der Waals surface area contributed by atoms with E-state index in [0.717, 1.165) is 17.5 Å². The van der Waals surface area contributed by atoms with E-state index in [1.54, 1.807) is 12.1 Å². The van der Waals surface area contributed by atoms with E-state index in [1.807, 2.05) is 30.3 Å². The van der Waals surface area contributed by atoms with Crippen molar-refractivity contribution in [3.63, 3.8) is 0 Å². The molecule has 2 aromatic carbocycles. The molecule has 0 saturated carbocycles. The van der Waals surface area contributed by atoms with Gasteiger partial charge in [0, 0.05) is 0 Å². The van der Waals surface area contributed by atoms with Gasteiger partial charge in [-0.05, 0) is 35.2 Å². The number of hydrogen-bond acceptors (Lipinski definition) is 1. The minimum atomic E-state index is -0.900. The quantitative estimate of drug-likeness (QED) is 0.823. The molecule has 2 nitrogen and oxygen atoms in total. The molecule has 0 aliphatic rings. The molecule has 0 bridgehead atoms. The summed E-state index contributed by atoms with van der Waals surface area (Å²) in [5.74, 6) is -0.900. The van der Waals surface area contributed by atoms with Gasteiger partial charge in [0.2, 0.25) is 0 Å². The van der Waals surface area contributed by atoms with Gasteiger partial charge in [-0.15, -0.1) is 6.58 Å². The van der Waals surface area contributed by atoms with Crippen LogP contribution in [-0.4, -0.2) is 11.1 Å². The molecule has 2 rings (SSSR count). The van der Waals surface area contributed by atoms with Gasteiger partial charge in [-0.3, -0.25) is 0 Å². The van der Waals surface area contributed by atoms with Crippen LogP contribution in [-0.2, 0) is 6.42 Å². The van der Waals surface area contributed by atoms with E-state index in [9.17, 15) is 4.79 Å². The summed E-state index contributed by atoms with van der Waals surface area (Å²) in [6.45, 7) is 3.71. The van der Waals surface area contributed by atoms with Gasteiger partial charge in [-0.1, -0.05) is 42.5 Å². The Morgan fingerprint density at radius 3 is 1.94 bits per heavy atom. The van der Waals surface area contributed by atoms with Crippen LogP contribution in [0.15, 0.2) is 61.2 Å². The van der Waals surface area contributed by atoms with Gasteiger partial charge in [0.15, 0.2) is 0 Å². The summed E-state index contributed by atoms with van der Waals surface area (Å²) in [5.41, 5.74) is 3.63. The molecule has 0 aromatic heterocycles. The Morgan fingerprint density at radius 2 is 1.50 bits per heavy atom. The summed E-state index contributed by atoms with van der Waals surface area (Å²) >= 11 is 0. The maximum atomic E-state index is 10.8. The first-order valence-corrected chi connectivity index (χ1v) is 5.74. The number of allylic oxidation sites excluding steroid dienone is 1. The molecule has 18 heavy (non-hydrogen) atoms. The molecule has 0 amide bonds. The van der Waals surface area contributed by atoms with Crippen LogP contribution >= 0.6 is 0 Å². The Balaban J connectivity index is 2.25. The number of carboxylic acid groups (broad SMARTS) is 1. The van der Waals surface area contributed by atoms with Crippen LogP contribution in [0.4, 0.5) is 0 Å². The fourth-order valence-corrected chi connectivity index (χ4v) is 1.81. The van der Waals surface area contributed by atoms with E-state index in [2.05, 4.69) is 18.7 Å². The van der Waals surface area contributed by atoms with Gasteiger partial charge >= 0.3 is 5.97 Å².